The van der Waals surface area contributed by atoms with Crippen LogP contribution in [0.4, 0.5) is 0 Å². The van der Waals surface area contributed by atoms with E-state index < -0.39 is 0 Å². The lowest BCUT2D eigenvalue weighted by atomic mass is 10.0. The number of rotatable bonds is 6. The van der Waals surface area contributed by atoms with E-state index in [0.29, 0.717) is 6.61 Å². The van der Waals surface area contributed by atoms with Gasteiger partial charge in [-0.25, -0.2) is 0 Å². The van der Waals surface area contributed by atoms with Gasteiger partial charge in [0.2, 0.25) is 0 Å². The van der Waals surface area contributed by atoms with E-state index in [4.69, 9.17) is 4.74 Å². The second kappa shape index (κ2) is 6.63. The van der Waals surface area contributed by atoms with Crippen molar-refractivity contribution in [2.45, 2.75) is 26.3 Å². The van der Waals surface area contributed by atoms with E-state index in [1.54, 1.807) is 0 Å². The van der Waals surface area contributed by atoms with Gasteiger partial charge in [-0.1, -0.05) is 23.5 Å². The van der Waals surface area contributed by atoms with E-state index in [9.17, 15) is 0 Å². The second-order valence-corrected chi connectivity index (χ2v) is 4.95. The molecule has 102 valence electrons. The third-order valence-corrected chi connectivity index (χ3v) is 3.80. The Hall–Kier alpha value is -1.46. The molecule has 5 heteroatoms. The van der Waals surface area contributed by atoms with Crippen LogP contribution in [0.3, 0.4) is 0 Å². The molecule has 0 spiro atoms. The highest BCUT2D eigenvalue weighted by Gasteiger charge is 2.19. The Bertz CT molecular complexity index is 527. The lowest BCUT2D eigenvalue weighted by Gasteiger charge is -2.16. The third-order valence-electron chi connectivity index (χ3n) is 2.97. The molecule has 0 amide bonds. The summed E-state index contributed by atoms with van der Waals surface area (Å²) in [4.78, 5) is 1.18. The summed E-state index contributed by atoms with van der Waals surface area (Å²) in [5.74, 6) is 0.899. The molecule has 1 aromatic heterocycles. The van der Waals surface area contributed by atoms with Crippen molar-refractivity contribution in [2.75, 3.05) is 13.7 Å². The molecule has 0 radical (unpaired) electrons. The number of hydrogen-bond donors (Lipinski definition) is 1. The first-order chi connectivity index (χ1) is 9.30. The fraction of sp³-hybridized carbons (Fsp3) is 0.429. The van der Waals surface area contributed by atoms with Crippen molar-refractivity contribution in [3.63, 3.8) is 0 Å². The van der Waals surface area contributed by atoms with E-state index in [-0.39, 0.29) is 6.04 Å². The van der Waals surface area contributed by atoms with Gasteiger partial charge in [-0.05, 0) is 49.6 Å². The van der Waals surface area contributed by atoms with Crippen molar-refractivity contribution < 1.29 is 4.74 Å². The summed E-state index contributed by atoms with van der Waals surface area (Å²) >= 11 is 1.46. The zero-order valence-corrected chi connectivity index (χ0v) is 12.3. The molecular weight excluding hydrogens is 258 g/mol. The molecule has 1 N–H and O–H groups in total. The Morgan fingerprint density at radius 3 is 2.89 bits per heavy atom. The summed E-state index contributed by atoms with van der Waals surface area (Å²) < 4.78 is 9.63. The maximum atomic E-state index is 5.56. The molecule has 2 rings (SSSR count). The van der Waals surface area contributed by atoms with Crippen LogP contribution in [0, 0.1) is 0 Å². The van der Waals surface area contributed by atoms with E-state index in [1.807, 2.05) is 26.1 Å². The number of benzene rings is 1. The van der Waals surface area contributed by atoms with Crippen molar-refractivity contribution in [3.8, 4) is 5.75 Å². The SMILES string of the molecule is CCOc1cccc(C(NC)c2snnc2CC)c1. The smallest absolute Gasteiger partial charge is 0.119 e. The molecule has 1 unspecified atom stereocenters. The van der Waals surface area contributed by atoms with Crippen LogP contribution in [-0.4, -0.2) is 23.2 Å². The molecule has 1 heterocycles. The minimum absolute atomic E-state index is 0.121. The van der Waals surface area contributed by atoms with Gasteiger partial charge in [0, 0.05) is 0 Å². The number of aromatic nitrogens is 2. The van der Waals surface area contributed by atoms with Crippen molar-refractivity contribution in [3.05, 3.63) is 40.4 Å². The maximum Gasteiger partial charge on any atom is 0.119 e. The van der Waals surface area contributed by atoms with Crippen molar-refractivity contribution in [2.24, 2.45) is 0 Å². The summed E-state index contributed by atoms with van der Waals surface area (Å²) in [5.41, 5.74) is 2.24. The lowest BCUT2D eigenvalue weighted by molar-refractivity contribution is 0.339. The second-order valence-electron chi connectivity index (χ2n) is 4.16. The van der Waals surface area contributed by atoms with Gasteiger partial charge in [0.15, 0.2) is 0 Å². The summed E-state index contributed by atoms with van der Waals surface area (Å²) in [5, 5.41) is 7.52. The van der Waals surface area contributed by atoms with Crippen LogP contribution < -0.4 is 10.1 Å². The summed E-state index contributed by atoms with van der Waals surface area (Å²) in [6.07, 6.45) is 0.898. The van der Waals surface area contributed by atoms with Gasteiger partial charge in [0.25, 0.3) is 0 Å². The first-order valence-corrected chi connectivity index (χ1v) is 7.28. The van der Waals surface area contributed by atoms with Gasteiger partial charge in [0.05, 0.1) is 23.2 Å². The van der Waals surface area contributed by atoms with E-state index >= 15 is 0 Å². The molecule has 19 heavy (non-hydrogen) atoms. The van der Waals surface area contributed by atoms with Crippen LogP contribution >= 0.6 is 11.5 Å². The van der Waals surface area contributed by atoms with Crippen LogP contribution in [0.25, 0.3) is 0 Å². The molecule has 1 atom stereocenters. The molecule has 0 aliphatic heterocycles. The fourth-order valence-electron chi connectivity index (χ4n) is 2.08. The average Bonchev–Trinajstić information content (AvgIpc) is 2.89. The van der Waals surface area contributed by atoms with Crippen LogP contribution in [0.15, 0.2) is 24.3 Å². The number of nitrogens with zero attached hydrogens (tertiary/aromatic N) is 2. The average molecular weight is 277 g/mol. The molecule has 0 bridgehead atoms. The number of ether oxygens (including phenoxy) is 1. The predicted octanol–water partition coefficient (Wildman–Crippen LogP) is 2.81. The molecule has 4 nitrogen and oxygen atoms in total. The molecule has 0 saturated heterocycles. The monoisotopic (exact) mass is 277 g/mol. The largest absolute Gasteiger partial charge is 0.494 e. The van der Waals surface area contributed by atoms with Gasteiger partial charge < -0.3 is 10.1 Å². The van der Waals surface area contributed by atoms with Crippen molar-refractivity contribution in [1.29, 1.82) is 0 Å². The van der Waals surface area contributed by atoms with Gasteiger partial charge in [-0.3, -0.25) is 0 Å². The van der Waals surface area contributed by atoms with Gasteiger partial charge in [0.1, 0.15) is 5.75 Å². The standard InChI is InChI=1S/C14H19N3OS/c1-4-12-14(19-17-16-12)13(15-3)10-7-6-8-11(9-10)18-5-2/h6-9,13,15H,4-5H2,1-3H3. The molecule has 2 aromatic rings. The third kappa shape index (κ3) is 3.11. The quantitative estimate of drug-likeness (QED) is 0.882. The van der Waals surface area contributed by atoms with Crippen LogP contribution in [-0.2, 0) is 6.42 Å². The van der Waals surface area contributed by atoms with E-state index in [2.05, 4.69) is 34.0 Å². The highest BCUT2D eigenvalue weighted by molar-refractivity contribution is 7.05. The van der Waals surface area contributed by atoms with Crippen LogP contribution in [0.5, 0.6) is 5.75 Å². The molecule has 0 aliphatic rings. The van der Waals surface area contributed by atoms with Gasteiger partial charge in [-0.2, -0.15) is 0 Å². The number of hydrogen-bond acceptors (Lipinski definition) is 5. The van der Waals surface area contributed by atoms with E-state index in [0.717, 1.165) is 17.9 Å². The zero-order chi connectivity index (χ0) is 13.7. The maximum absolute atomic E-state index is 5.56. The summed E-state index contributed by atoms with van der Waals surface area (Å²) in [7, 11) is 1.96. The van der Waals surface area contributed by atoms with E-state index in [1.165, 1.54) is 22.0 Å². The fourth-order valence-corrected chi connectivity index (χ4v) is 2.96. The summed E-state index contributed by atoms with van der Waals surface area (Å²) in [6, 6.07) is 8.29. The number of aryl methyl sites for hydroxylation is 1. The number of nitrogens with one attached hydrogen (secondary N) is 1. The van der Waals surface area contributed by atoms with Crippen molar-refractivity contribution >= 4 is 11.5 Å². The normalized spacial score (nSPS) is 12.4. The Labute approximate surface area is 118 Å². The zero-order valence-electron chi connectivity index (χ0n) is 11.5. The minimum atomic E-state index is 0.121. The highest BCUT2D eigenvalue weighted by Crippen LogP contribution is 2.29. The minimum Gasteiger partial charge on any atom is -0.494 e. The molecule has 0 fully saturated rings. The topological polar surface area (TPSA) is 47.0 Å². The molecule has 0 aliphatic carbocycles. The van der Waals surface area contributed by atoms with Gasteiger partial charge in [-0.15, -0.1) is 5.10 Å². The molecule has 0 saturated carbocycles. The van der Waals surface area contributed by atoms with Crippen LogP contribution in [0.2, 0.25) is 0 Å². The van der Waals surface area contributed by atoms with Crippen LogP contribution in [0.1, 0.15) is 36.0 Å². The molecule has 1 aromatic carbocycles. The van der Waals surface area contributed by atoms with Crippen molar-refractivity contribution in [1.82, 2.24) is 14.9 Å². The Kier molecular flexibility index (Phi) is 4.87. The Balaban J connectivity index is 2.34. The molecular formula is C14H19N3OS. The first kappa shape index (κ1) is 14.0. The summed E-state index contributed by atoms with van der Waals surface area (Å²) in [6.45, 7) is 4.77. The Morgan fingerprint density at radius 1 is 1.37 bits per heavy atom. The lowest BCUT2D eigenvalue weighted by Crippen LogP contribution is -2.18. The van der Waals surface area contributed by atoms with Gasteiger partial charge >= 0.3 is 0 Å². The first-order valence-electron chi connectivity index (χ1n) is 6.51. The highest BCUT2D eigenvalue weighted by atomic mass is 32.1. The predicted molar refractivity (Wildman–Crippen MR) is 77.8 cm³/mol. The Morgan fingerprint density at radius 2 is 2.21 bits per heavy atom.